The number of fused-ring (bicyclic) bond motifs is 1. The van der Waals surface area contributed by atoms with Gasteiger partial charge >= 0.3 is 0 Å². The highest BCUT2D eigenvalue weighted by atomic mass is 32.2. The van der Waals surface area contributed by atoms with Crippen molar-refractivity contribution in [2.45, 2.75) is 24.8 Å². The standard InChI is InChI=1S/C16H14N6OS2/c1-10-8-14(23)22-15(17-10)25-13(20-22)9-24-16-19-18-11(2)21(16)12-6-4-3-5-7-12/h3-8H,9H2,1-2H3. The Morgan fingerprint density at radius 1 is 1.16 bits per heavy atom. The molecule has 25 heavy (non-hydrogen) atoms. The van der Waals surface area contributed by atoms with Gasteiger partial charge in [0.05, 0.1) is 5.75 Å². The first-order valence-electron chi connectivity index (χ1n) is 7.58. The van der Waals surface area contributed by atoms with E-state index in [0.717, 1.165) is 21.7 Å². The zero-order valence-corrected chi connectivity index (χ0v) is 15.2. The first kappa shape index (κ1) is 16.0. The molecule has 0 bridgehead atoms. The van der Waals surface area contributed by atoms with Gasteiger partial charge in [-0.2, -0.15) is 9.61 Å². The van der Waals surface area contributed by atoms with Crippen LogP contribution in [0.4, 0.5) is 0 Å². The molecule has 0 radical (unpaired) electrons. The summed E-state index contributed by atoms with van der Waals surface area (Å²) in [6, 6.07) is 11.5. The van der Waals surface area contributed by atoms with E-state index < -0.39 is 0 Å². The summed E-state index contributed by atoms with van der Waals surface area (Å²) < 4.78 is 3.35. The van der Waals surface area contributed by atoms with Crippen LogP contribution in [0.15, 0.2) is 46.3 Å². The molecule has 0 saturated carbocycles. The van der Waals surface area contributed by atoms with E-state index in [9.17, 15) is 4.79 Å². The minimum absolute atomic E-state index is 0.154. The molecule has 0 aliphatic carbocycles. The van der Waals surface area contributed by atoms with Gasteiger partial charge in [-0.1, -0.05) is 41.3 Å². The molecule has 9 heteroatoms. The van der Waals surface area contributed by atoms with E-state index in [1.165, 1.54) is 33.7 Å². The number of para-hydroxylation sites is 1. The molecule has 0 aliphatic heterocycles. The number of hydrogen-bond donors (Lipinski definition) is 0. The fraction of sp³-hybridized carbons (Fsp3) is 0.188. The SMILES string of the molecule is Cc1cc(=O)n2nc(CSc3nnc(C)n3-c3ccccc3)sc2n1. The Morgan fingerprint density at radius 3 is 2.76 bits per heavy atom. The summed E-state index contributed by atoms with van der Waals surface area (Å²) in [5.74, 6) is 1.42. The van der Waals surface area contributed by atoms with Crippen LogP contribution in [0, 0.1) is 13.8 Å². The largest absolute Gasteiger partial charge is 0.275 e. The summed E-state index contributed by atoms with van der Waals surface area (Å²) in [6.45, 7) is 3.73. The molecule has 126 valence electrons. The van der Waals surface area contributed by atoms with Gasteiger partial charge in [0.15, 0.2) is 5.16 Å². The summed E-state index contributed by atoms with van der Waals surface area (Å²) in [7, 11) is 0. The lowest BCUT2D eigenvalue weighted by Gasteiger charge is -2.07. The van der Waals surface area contributed by atoms with Gasteiger partial charge in [-0.3, -0.25) is 9.36 Å². The molecule has 3 heterocycles. The maximum atomic E-state index is 12.0. The van der Waals surface area contributed by atoms with E-state index in [4.69, 9.17) is 0 Å². The van der Waals surface area contributed by atoms with E-state index in [1.54, 1.807) is 6.92 Å². The third kappa shape index (κ3) is 3.08. The molecule has 1 aromatic carbocycles. The van der Waals surface area contributed by atoms with Crippen LogP contribution in [0.25, 0.3) is 10.6 Å². The van der Waals surface area contributed by atoms with E-state index in [0.29, 0.717) is 16.4 Å². The number of rotatable bonds is 4. The molecular weight excluding hydrogens is 356 g/mol. The maximum Gasteiger partial charge on any atom is 0.275 e. The Labute approximate surface area is 151 Å². The fourth-order valence-corrected chi connectivity index (χ4v) is 4.38. The third-order valence-corrected chi connectivity index (χ3v) is 5.58. The highest BCUT2D eigenvalue weighted by Crippen LogP contribution is 2.26. The number of thioether (sulfide) groups is 1. The molecule has 0 saturated heterocycles. The quantitative estimate of drug-likeness (QED) is 0.514. The van der Waals surface area contributed by atoms with Crippen molar-refractivity contribution in [1.29, 1.82) is 0 Å². The number of aryl methyl sites for hydroxylation is 2. The molecular formula is C16H14N6OS2. The van der Waals surface area contributed by atoms with Crippen molar-refractivity contribution in [3.8, 4) is 5.69 Å². The lowest BCUT2D eigenvalue weighted by molar-refractivity contribution is 0.858. The van der Waals surface area contributed by atoms with Crippen LogP contribution in [0.5, 0.6) is 0 Å². The first-order valence-corrected chi connectivity index (χ1v) is 9.38. The number of hydrogen-bond acceptors (Lipinski definition) is 7. The number of aromatic nitrogens is 6. The summed E-state index contributed by atoms with van der Waals surface area (Å²) in [5.41, 5.74) is 1.57. The van der Waals surface area contributed by atoms with Crippen LogP contribution < -0.4 is 5.56 Å². The molecule has 7 nitrogen and oxygen atoms in total. The van der Waals surface area contributed by atoms with Gasteiger partial charge in [-0.15, -0.1) is 10.2 Å². The highest BCUT2D eigenvalue weighted by molar-refractivity contribution is 7.98. The zero-order chi connectivity index (χ0) is 17.4. The van der Waals surface area contributed by atoms with Crippen molar-refractivity contribution >= 4 is 28.1 Å². The average Bonchev–Trinajstić information content (AvgIpc) is 3.17. The predicted molar refractivity (Wildman–Crippen MR) is 97.5 cm³/mol. The van der Waals surface area contributed by atoms with Crippen LogP contribution in [-0.4, -0.2) is 29.4 Å². The van der Waals surface area contributed by atoms with Crippen molar-refractivity contribution in [1.82, 2.24) is 29.4 Å². The van der Waals surface area contributed by atoms with Gasteiger partial charge in [0.2, 0.25) is 4.96 Å². The Bertz CT molecular complexity index is 1100. The van der Waals surface area contributed by atoms with Crippen LogP contribution in [0.2, 0.25) is 0 Å². The van der Waals surface area contributed by atoms with Crippen LogP contribution >= 0.6 is 23.1 Å². The molecule has 0 fully saturated rings. The smallest absolute Gasteiger partial charge is 0.274 e. The maximum absolute atomic E-state index is 12.0. The second kappa shape index (κ2) is 6.41. The lowest BCUT2D eigenvalue weighted by Crippen LogP contribution is -2.14. The zero-order valence-electron chi connectivity index (χ0n) is 13.6. The van der Waals surface area contributed by atoms with Crippen molar-refractivity contribution in [2.24, 2.45) is 0 Å². The molecule has 3 aromatic heterocycles. The van der Waals surface area contributed by atoms with Gasteiger partial charge in [0.25, 0.3) is 5.56 Å². The Balaban J connectivity index is 1.63. The normalized spacial score (nSPS) is 11.3. The Kier molecular flexibility index (Phi) is 4.10. The molecule has 4 rings (SSSR count). The molecule has 0 N–H and O–H groups in total. The van der Waals surface area contributed by atoms with Gasteiger partial charge in [0, 0.05) is 17.4 Å². The molecule has 0 atom stereocenters. The van der Waals surface area contributed by atoms with E-state index in [2.05, 4.69) is 20.3 Å². The van der Waals surface area contributed by atoms with Crippen LogP contribution in [0.3, 0.4) is 0 Å². The Hall–Kier alpha value is -2.52. The summed E-state index contributed by atoms with van der Waals surface area (Å²) in [5, 5.41) is 14.4. The summed E-state index contributed by atoms with van der Waals surface area (Å²) in [4.78, 5) is 16.9. The van der Waals surface area contributed by atoms with Gasteiger partial charge in [-0.05, 0) is 26.0 Å². The lowest BCUT2D eigenvalue weighted by atomic mass is 10.3. The third-order valence-electron chi connectivity index (χ3n) is 3.55. The molecule has 0 unspecified atom stereocenters. The van der Waals surface area contributed by atoms with Gasteiger partial charge in [0.1, 0.15) is 10.8 Å². The predicted octanol–water partition coefficient (Wildman–Crippen LogP) is 2.64. The number of nitrogens with zero attached hydrogens (tertiary/aromatic N) is 6. The summed E-state index contributed by atoms with van der Waals surface area (Å²) in [6.07, 6.45) is 0. The fourth-order valence-electron chi connectivity index (χ4n) is 2.46. The monoisotopic (exact) mass is 370 g/mol. The molecule has 0 amide bonds. The molecule has 0 spiro atoms. The van der Waals surface area contributed by atoms with Crippen molar-refractivity contribution in [3.05, 3.63) is 63.3 Å². The second-order valence-electron chi connectivity index (χ2n) is 5.42. The molecule has 0 aliphatic rings. The van der Waals surface area contributed by atoms with Crippen LogP contribution in [-0.2, 0) is 5.75 Å². The van der Waals surface area contributed by atoms with Crippen molar-refractivity contribution in [3.63, 3.8) is 0 Å². The van der Waals surface area contributed by atoms with Gasteiger partial charge < -0.3 is 0 Å². The topological polar surface area (TPSA) is 78.0 Å². The summed E-state index contributed by atoms with van der Waals surface area (Å²) >= 11 is 2.95. The minimum atomic E-state index is -0.154. The molecule has 4 aromatic rings. The second-order valence-corrected chi connectivity index (χ2v) is 7.40. The Morgan fingerprint density at radius 2 is 1.96 bits per heavy atom. The van der Waals surface area contributed by atoms with E-state index >= 15 is 0 Å². The highest BCUT2D eigenvalue weighted by Gasteiger charge is 2.13. The van der Waals surface area contributed by atoms with Crippen molar-refractivity contribution < 1.29 is 0 Å². The van der Waals surface area contributed by atoms with E-state index in [1.807, 2.05) is 41.8 Å². The first-order chi connectivity index (χ1) is 12.1. The minimum Gasteiger partial charge on any atom is -0.274 e. The number of benzene rings is 1. The average molecular weight is 370 g/mol. The van der Waals surface area contributed by atoms with E-state index in [-0.39, 0.29) is 5.56 Å². The van der Waals surface area contributed by atoms with Gasteiger partial charge in [-0.25, -0.2) is 4.98 Å². The van der Waals surface area contributed by atoms with Crippen LogP contribution in [0.1, 0.15) is 16.5 Å². The van der Waals surface area contributed by atoms with Crippen molar-refractivity contribution in [2.75, 3.05) is 0 Å².